The van der Waals surface area contributed by atoms with Gasteiger partial charge in [0.1, 0.15) is 0 Å². The van der Waals surface area contributed by atoms with E-state index in [1.54, 1.807) is 6.92 Å². The number of nitrogens with zero attached hydrogens (tertiary/aromatic N) is 3. The lowest BCUT2D eigenvalue weighted by Gasteiger charge is -2.49. The molecule has 5 rings (SSSR count). The van der Waals surface area contributed by atoms with E-state index in [9.17, 15) is 4.39 Å². The van der Waals surface area contributed by atoms with Gasteiger partial charge in [0, 0.05) is 51.9 Å². The maximum atomic E-state index is 14.3. The fraction of sp³-hybridized carbons (Fsp3) is 0.481. The third-order valence-corrected chi connectivity index (χ3v) is 9.74. The molecule has 3 aliphatic rings. The number of aliphatic imine (C=N–C) groups is 1. The van der Waals surface area contributed by atoms with Crippen molar-refractivity contribution in [2.24, 2.45) is 16.6 Å². The lowest BCUT2D eigenvalue weighted by atomic mass is 9.75. The van der Waals surface area contributed by atoms with Gasteiger partial charge in [-0.15, -0.1) is 0 Å². The first kappa shape index (κ1) is 24.5. The number of halogens is 3. The van der Waals surface area contributed by atoms with E-state index >= 15 is 0 Å². The molecule has 2 N–H and O–H groups in total. The van der Waals surface area contributed by atoms with Crippen LogP contribution in [-0.4, -0.2) is 25.6 Å². The molecule has 2 aliphatic carbocycles. The molecule has 0 bridgehead atoms. The smallest absolute Gasteiger partial charge is 0.196 e. The monoisotopic (exact) mass is 684 g/mol. The molecule has 1 aliphatic heterocycles. The summed E-state index contributed by atoms with van der Waals surface area (Å²) >= 11 is 4.36. The van der Waals surface area contributed by atoms with Crippen LogP contribution in [0.2, 0.25) is 0 Å². The molecule has 180 valence electrons. The van der Waals surface area contributed by atoms with Crippen LogP contribution in [-0.2, 0) is 12.0 Å². The van der Waals surface area contributed by atoms with Gasteiger partial charge in [-0.05, 0) is 107 Å². The summed E-state index contributed by atoms with van der Waals surface area (Å²) in [5.41, 5.74) is 11.9. The number of guanidine groups is 1. The lowest BCUT2D eigenvalue weighted by molar-refractivity contribution is 0.0737. The Morgan fingerprint density at radius 1 is 1.26 bits per heavy atom. The number of pyridine rings is 1. The Kier molecular flexibility index (Phi) is 6.49. The third kappa shape index (κ3) is 4.75. The predicted molar refractivity (Wildman–Crippen MR) is 153 cm³/mol. The predicted octanol–water partition coefficient (Wildman–Crippen LogP) is 6.80. The Hall–Kier alpha value is -1.23. The standard InChI is InChI=1S/C27H31FI2N4/c1-16-14-26(2,33-25(31)34(16)21-12-20(13-21)27(3,28)30)22-6-4-5-19(24(22)29)11-17-7-10-23(32-15-17)18-8-9-18/h4-7,10,15,18,20-21H,1,8-9,11-14H2,2-3H3,(H2,31,33). The summed E-state index contributed by atoms with van der Waals surface area (Å²) in [4.78, 5) is 11.7. The summed E-state index contributed by atoms with van der Waals surface area (Å²) in [5.74, 6) is 1.23. The zero-order valence-electron chi connectivity index (χ0n) is 19.7. The van der Waals surface area contributed by atoms with E-state index in [0.717, 1.165) is 25.0 Å². The first-order valence-corrected chi connectivity index (χ1v) is 14.1. The third-order valence-electron chi connectivity index (χ3n) is 7.59. The minimum Gasteiger partial charge on any atom is -0.369 e. The highest BCUT2D eigenvalue weighted by Crippen LogP contribution is 2.48. The molecule has 0 amide bonds. The molecule has 0 radical (unpaired) electrons. The molecule has 2 fully saturated rings. The quantitative estimate of drug-likeness (QED) is 0.269. The molecule has 2 unspecified atom stereocenters. The molecule has 1 aromatic carbocycles. The van der Waals surface area contributed by atoms with Crippen LogP contribution in [0.5, 0.6) is 0 Å². The molecule has 2 heterocycles. The van der Waals surface area contributed by atoms with Crippen molar-refractivity contribution in [1.29, 1.82) is 0 Å². The van der Waals surface area contributed by atoms with E-state index in [2.05, 4.69) is 71.4 Å². The van der Waals surface area contributed by atoms with E-state index < -0.39 is 9.21 Å². The minimum atomic E-state index is -1.18. The van der Waals surface area contributed by atoms with Crippen molar-refractivity contribution in [1.82, 2.24) is 9.88 Å². The molecule has 2 atom stereocenters. The molecule has 2 saturated carbocycles. The summed E-state index contributed by atoms with van der Waals surface area (Å²) in [6, 6.07) is 11.0. The van der Waals surface area contributed by atoms with Crippen molar-refractivity contribution in [3.63, 3.8) is 0 Å². The molecule has 0 saturated heterocycles. The van der Waals surface area contributed by atoms with Gasteiger partial charge in [-0.1, -0.05) is 30.8 Å². The van der Waals surface area contributed by atoms with Crippen molar-refractivity contribution in [2.75, 3.05) is 0 Å². The second-order valence-electron chi connectivity index (χ2n) is 10.5. The molecule has 1 aromatic heterocycles. The summed E-state index contributed by atoms with van der Waals surface area (Å²) in [5, 5.41) is 0. The van der Waals surface area contributed by atoms with Crippen LogP contribution >= 0.6 is 45.2 Å². The fourth-order valence-electron chi connectivity index (χ4n) is 5.32. The Labute approximate surface area is 229 Å². The average molecular weight is 684 g/mol. The number of hydrogen-bond acceptors (Lipinski definition) is 4. The summed E-state index contributed by atoms with van der Waals surface area (Å²) in [7, 11) is 0. The van der Waals surface area contributed by atoms with Gasteiger partial charge in [0.2, 0.25) is 0 Å². The molecule has 4 nitrogen and oxygen atoms in total. The SMILES string of the molecule is C=C1CC(C)(c2cccc(Cc3ccc(C4CC4)nc3)c2I)N=C(N)N1C1CC(C(C)(F)I)C1. The molecular formula is C27H31FI2N4. The number of nitrogens with two attached hydrogens (primary N) is 1. The Bertz CT molecular complexity index is 1130. The first-order chi connectivity index (χ1) is 16.0. The van der Waals surface area contributed by atoms with Crippen LogP contribution in [0.4, 0.5) is 4.39 Å². The number of rotatable bonds is 6. The van der Waals surface area contributed by atoms with E-state index in [1.165, 1.54) is 38.8 Å². The summed E-state index contributed by atoms with van der Waals surface area (Å²) < 4.78 is 14.3. The number of aromatic nitrogens is 1. The van der Waals surface area contributed by atoms with Gasteiger partial charge < -0.3 is 10.6 Å². The topological polar surface area (TPSA) is 54.5 Å². The van der Waals surface area contributed by atoms with Crippen LogP contribution in [0.3, 0.4) is 0 Å². The Morgan fingerprint density at radius 2 is 2.00 bits per heavy atom. The second kappa shape index (κ2) is 9.01. The molecule has 0 spiro atoms. The number of hydrogen-bond donors (Lipinski definition) is 1. The lowest BCUT2D eigenvalue weighted by Crippen LogP contribution is -2.55. The van der Waals surface area contributed by atoms with Crippen molar-refractivity contribution in [3.8, 4) is 0 Å². The van der Waals surface area contributed by atoms with Gasteiger partial charge in [-0.25, -0.2) is 9.38 Å². The van der Waals surface area contributed by atoms with Crippen LogP contribution in [0, 0.1) is 9.49 Å². The summed E-state index contributed by atoms with van der Waals surface area (Å²) in [6.07, 6.45) is 7.67. The fourth-order valence-corrected chi connectivity index (χ4v) is 6.96. The van der Waals surface area contributed by atoms with Gasteiger partial charge in [-0.2, -0.15) is 0 Å². The van der Waals surface area contributed by atoms with Crippen LogP contribution in [0.1, 0.15) is 74.3 Å². The van der Waals surface area contributed by atoms with Crippen molar-refractivity contribution < 1.29 is 4.39 Å². The van der Waals surface area contributed by atoms with Gasteiger partial charge >= 0.3 is 0 Å². The highest BCUT2D eigenvalue weighted by Gasteiger charge is 2.47. The number of alkyl halides is 2. The Morgan fingerprint density at radius 3 is 2.59 bits per heavy atom. The van der Waals surface area contributed by atoms with Gasteiger partial charge in [0.05, 0.1) is 5.54 Å². The maximum Gasteiger partial charge on any atom is 0.196 e. The van der Waals surface area contributed by atoms with Gasteiger partial charge in [0.25, 0.3) is 0 Å². The zero-order valence-corrected chi connectivity index (χ0v) is 24.0. The van der Waals surface area contributed by atoms with Crippen LogP contribution < -0.4 is 5.73 Å². The van der Waals surface area contributed by atoms with E-state index in [4.69, 9.17) is 10.7 Å². The zero-order chi connectivity index (χ0) is 24.3. The van der Waals surface area contributed by atoms with E-state index in [0.29, 0.717) is 18.3 Å². The highest BCUT2D eigenvalue weighted by atomic mass is 127. The average Bonchev–Trinajstić information content (AvgIpc) is 3.55. The summed E-state index contributed by atoms with van der Waals surface area (Å²) in [6.45, 7) is 8.16. The van der Waals surface area contributed by atoms with E-state index in [-0.39, 0.29) is 12.0 Å². The van der Waals surface area contributed by atoms with Gasteiger partial charge in [-0.3, -0.25) is 4.98 Å². The maximum absolute atomic E-state index is 14.3. The van der Waals surface area contributed by atoms with Crippen molar-refractivity contribution in [3.05, 3.63) is 74.8 Å². The van der Waals surface area contributed by atoms with Gasteiger partial charge in [0.15, 0.2) is 9.64 Å². The molecule has 34 heavy (non-hydrogen) atoms. The molecule has 7 heteroatoms. The van der Waals surface area contributed by atoms with Crippen LogP contribution in [0.15, 0.2) is 53.8 Å². The number of benzene rings is 1. The first-order valence-electron chi connectivity index (χ1n) is 12.0. The second-order valence-corrected chi connectivity index (χ2v) is 13.6. The van der Waals surface area contributed by atoms with E-state index in [1.807, 2.05) is 33.7 Å². The normalized spacial score (nSPS) is 28.8. The Balaban J connectivity index is 1.36. The molecule has 2 aromatic rings. The highest BCUT2D eigenvalue weighted by molar-refractivity contribution is 14.1. The molecular weight excluding hydrogens is 653 g/mol. The van der Waals surface area contributed by atoms with Crippen molar-refractivity contribution >= 4 is 51.1 Å². The van der Waals surface area contributed by atoms with Crippen molar-refractivity contribution in [2.45, 2.75) is 73.5 Å². The largest absolute Gasteiger partial charge is 0.369 e. The minimum absolute atomic E-state index is 0.0532. The van der Waals surface area contributed by atoms with Crippen LogP contribution in [0.25, 0.3) is 0 Å².